The summed E-state index contributed by atoms with van der Waals surface area (Å²) in [5.41, 5.74) is 0.853. The van der Waals surface area contributed by atoms with E-state index in [-0.39, 0.29) is 12.1 Å². The summed E-state index contributed by atoms with van der Waals surface area (Å²) in [5, 5.41) is 15.1. The Morgan fingerprint density at radius 1 is 1.17 bits per heavy atom. The lowest BCUT2D eigenvalue weighted by Crippen LogP contribution is -2.52. The first-order valence-corrected chi connectivity index (χ1v) is 7.78. The monoisotopic (exact) mass is 320 g/mol. The molecule has 1 saturated carbocycles. The molecule has 0 aromatic heterocycles. The Labute approximate surface area is 136 Å². The maximum Gasteiger partial charge on any atom is 0.407 e. The SMILES string of the molecule is CC(C)(C)OC(=O)NC1CC(NCc2ccc(C(=O)O)cc2)C1. The first-order valence-electron chi connectivity index (χ1n) is 7.78. The molecule has 1 aromatic rings. The fourth-order valence-corrected chi connectivity index (χ4v) is 2.40. The molecule has 0 saturated heterocycles. The van der Waals surface area contributed by atoms with Gasteiger partial charge in [-0.25, -0.2) is 9.59 Å². The first-order chi connectivity index (χ1) is 10.7. The Hall–Kier alpha value is -2.08. The first kappa shape index (κ1) is 17.3. The molecule has 0 radical (unpaired) electrons. The van der Waals surface area contributed by atoms with Crippen molar-refractivity contribution in [1.29, 1.82) is 0 Å². The average Bonchev–Trinajstić information content (AvgIpc) is 2.39. The van der Waals surface area contributed by atoms with Gasteiger partial charge in [-0.3, -0.25) is 0 Å². The van der Waals surface area contributed by atoms with Crippen LogP contribution in [0.3, 0.4) is 0 Å². The summed E-state index contributed by atoms with van der Waals surface area (Å²) in [6.07, 6.45) is 1.36. The van der Waals surface area contributed by atoms with E-state index < -0.39 is 11.6 Å². The maximum atomic E-state index is 11.6. The van der Waals surface area contributed by atoms with Gasteiger partial charge in [-0.2, -0.15) is 0 Å². The van der Waals surface area contributed by atoms with Gasteiger partial charge in [-0.15, -0.1) is 0 Å². The molecule has 23 heavy (non-hydrogen) atoms. The van der Waals surface area contributed by atoms with Crippen molar-refractivity contribution >= 4 is 12.1 Å². The summed E-state index contributed by atoms with van der Waals surface area (Å²) in [5.74, 6) is -0.917. The normalized spacial score (nSPS) is 20.5. The Balaban J connectivity index is 1.66. The van der Waals surface area contributed by atoms with Gasteiger partial charge in [0, 0.05) is 18.6 Å². The fourth-order valence-electron chi connectivity index (χ4n) is 2.40. The molecule has 0 aliphatic heterocycles. The lowest BCUT2D eigenvalue weighted by atomic mass is 9.86. The van der Waals surface area contributed by atoms with E-state index in [4.69, 9.17) is 9.84 Å². The number of benzene rings is 1. The van der Waals surface area contributed by atoms with Crippen LogP contribution in [0.1, 0.15) is 49.5 Å². The molecular weight excluding hydrogens is 296 g/mol. The third-order valence-electron chi connectivity index (χ3n) is 3.65. The Morgan fingerprint density at radius 2 is 1.78 bits per heavy atom. The molecular formula is C17H24N2O4. The van der Waals surface area contributed by atoms with E-state index in [0.717, 1.165) is 18.4 Å². The van der Waals surface area contributed by atoms with E-state index in [1.807, 2.05) is 32.9 Å². The minimum Gasteiger partial charge on any atom is -0.478 e. The third kappa shape index (κ3) is 5.56. The van der Waals surface area contributed by atoms with Gasteiger partial charge in [-0.05, 0) is 51.3 Å². The Bertz CT molecular complexity index is 557. The van der Waals surface area contributed by atoms with E-state index in [1.54, 1.807) is 12.1 Å². The number of rotatable bonds is 5. The van der Waals surface area contributed by atoms with Gasteiger partial charge in [-0.1, -0.05) is 12.1 Å². The summed E-state index contributed by atoms with van der Waals surface area (Å²) in [6, 6.07) is 7.34. The maximum absolute atomic E-state index is 11.6. The molecule has 0 spiro atoms. The van der Waals surface area contributed by atoms with Crippen molar-refractivity contribution in [2.75, 3.05) is 0 Å². The molecule has 0 unspecified atom stereocenters. The largest absolute Gasteiger partial charge is 0.478 e. The van der Waals surface area contributed by atoms with Gasteiger partial charge < -0.3 is 20.5 Å². The highest BCUT2D eigenvalue weighted by molar-refractivity contribution is 5.87. The van der Waals surface area contributed by atoms with Crippen molar-refractivity contribution in [3.63, 3.8) is 0 Å². The van der Waals surface area contributed by atoms with Gasteiger partial charge in [0.15, 0.2) is 0 Å². The lowest BCUT2D eigenvalue weighted by Gasteiger charge is -2.36. The van der Waals surface area contributed by atoms with Crippen LogP contribution in [0.4, 0.5) is 4.79 Å². The second-order valence-electron chi connectivity index (χ2n) is 6.89. The number of carboxylic acid groups (broad SMARTS) is 1. The molecule has 0 bridgehead atoms. The highest BCUT2D eigenvalue weighted by atomic mass is 16.6. The molecule has 3 N–H and O–H groups in total. The van der Waals surface area contributed by atoms with Crippen molar-refractivity contribution in [2.24, 2.45) is 0 Å². The number of hydrogen-bond donors (Lipinski definition) is 3. The lowest BCUT2D eigenvalue weighted by molar-refractivity contribution is 0.0464. The van der Waals surface area contributed by atoms with Crippen molar-refractivity contribution in [3.8, 4) is 0 Å². The van der Waals surface area contributed by atoms with E-state index in [1.165, 1.54) is 0 Å². The highest BCUT2D eigenvalue weighted by Crippen LogP contribution is 2.21. The molecule has 0 atom stereocenters. The molecule has 1 aliphatic rings. The van der Waals surface area contributed by atoms with E-state index >= 15 is 0 Å². The van der Waals surface area contributed by atoms with Crippen molar-refractivity contribution in [1.82, 2.24) is 10.6 Å². The molecule has 6 heteroatoms. The summed E-state index contributed by atoms with van der Waals surface area (Å²) in [4.78, 5) is 22.4. The van der Waals surface area contributed by atoms with E-state index in [2.05, 4.69) is 10.6 Å². The second-order valence-corrected chi connectivity index (χ2v) is 6.89. The zero-order valence-electron chi connectivity index (χ0n) is 13.8. The van der Waals surface area contributed by atoms with Gasteiger partial charge in [0.25, 0.3) is 0 Å². The molecule has 2 rings (SSSR count). The molecule has 1 aromatic carbocycles. The molecule has 1 aliphatic carbocycles. The smallest absolute Gasteiger partial charge is 0.407 e. The Kier molecular flexibility index (Phi) is 5.26. The van der Waals surface area contributed by atoms with Crippen LogP contribution in [-0.4, -0.2) is 34.9 Å². The van der Waals surface area contributed by atoms with Crippen LogP contribution < -0.4 is 10.6 Å². The van der Waals surface area contributed by atoms with Crippen LogP contribution in [0.5, 0.6) is 0 Å². The quantitative estimate of drug-likeness (QED) is 0.776. The molecule has 126 valence electrons. The number of amides is 1. The number of carboxylic acids is 1. The van der Waals surface area contributed by atoms with E-state index in [0.29, 0.717) is 18.2 Å². The summed E-state index contributed by atoms with van der Waals surface area (Å²) < 4.78 is 5.22. The minimum absolute atomic E-state index is 0.150. The van der Waals surface area contributed by atoms with Crippen molar-refractivity contribution < 1.29 is 19.4 Å². The van der Waals surface area contributed by atoms with Gasteiger partial charge in [0.2, 0.25) is 0 Å². The zero-order valence-corrected chi connectivity index (χ0v) is 13.8. The number of hydrogen-bond acceptors (Lipinski definition) is 4. The second kappa shape index (κ2) is 7.00. The standard InChI is InChI=1S/C17H24N2O4/c1-17(2,3)23-16(22)19-14-8-13(9-14)18-10-11-4-6-12(7-5-11)15(20)21/h4-7,13-14,18H,8-10H2,1-3H3,(H,19,22)(H,20,21). The number of carbonyl (C=O) groups excluding carboxylic acids is 1. The van der Waals surface area contributed by atoms with Crippen LogP contribution in [0.25, 0.3) is 0 Å². The molecule has 6 nitrogen and oxygen atoms in total. The third-order valence-corrected chi connectivity index (χ3v) is 3.65. The summed E-state index contributed by atoms with van der Waals surface area (Å²) in [6.45, 7) is 6.21. The number of carbonyl (C=O) groups is 2. The van der Waals surface area contributed by atoms with E-state index in [9.17, 15) is 9.59 Å². The van der Waals surface area contributed by atoms with Crippen molar-refractivity contribution in [2.45, 2.75) is 57.8 Å². The number of nitrogens with one attached hydrogen (secondary N) is 2. The number of ether oxygens (including phenoxy) is 1. The summed E-state index contributed by atoms with van der Waals surface area (Å²) >= 11 is 0. The molecule has 0 heterocycles. The summed E-state index contributed by atoms with van der Waals surface area (Å²) in [7, 11) is 0. The van der Waals surface area contributed by atoms with Crippen LogP contribution >= 0.6 is 0 Å². The van der Waals surface area contributed by atoms with Gasteiger partial charge >= 0.3 is 12.1 Å². The number of alkyl carbamates (subject to hydrolysis) is 1. The van der Waals surface area contributed by atoms with Crippen LogP contribution in [-0.2, 0) is 11.3 Å². The van der Waals surface area contributed by atoms with Gasteiger partial charge in [0.1, 0.15) is 5.60 Å². The predicted molar refractivity (Wildman–Crippen MR) is 86.4 cm³/mol. The van der Waals surface area contributed by atoms with Crippen LogP contribution in [0.15, 0.2) is 24.3 Å². The van der Waals surface area contributed by atoms with Gasteiger partial charge in [0.05, 0.1) is 5.56 Å². The Morgan fingerprint density at radius 3 is 2.30 bits per heavy atom. The zero-order chi connectivity index (χ0) is 17.0. The topological polar surface area (TPSA) is 87.7 Å². The van der Waals surface area contributed by atoms with Crippen LogP contribution in [0, 0.1) is 0 Å². The number of aromatic carboxylic acids is 1. The molecule has 1 amide bonds. The fraction of sp³-hybridized carbons (Fsp3) is 0.529. The minimum atomic E-state index is -0.917. The highest BCUT2D eigenvalue weighted by Gasteiger charge is 2.31. The van der Waals surface area contributed by atoms with Crippen molar-refractivity contribution in [3.05, 3.63) is 35.4 Å². The van der Waals surface area contributed by atoms with Crippen LogP contribution in [0.2, 0.25) is 0 Å². The predicted octanol–water partition coefficient (Wildman–Crippen LogP) is 2.53. The average molecular weight is 320 g/mol. The molecule has 1 fully saturated rings.